The topological polar surface area (TPSA) is 39.4 Å². The van der Waals surface area contributed by atoms with E-state index >= 15 is 0 Å². The summed E-state index contributed by atoms with van der Waals surface area (Å²) in [5, 5.41) is 0. The first-order valence-corrected chi connectivity index (χ1v) is 3.10. The van der Waals surface area contributed by atoms with Crippen molar-refractivity contribution in [1.82, 2.24) is 0 Å². The molecule has 0 bridgehead atoms. The molecule has 66 valence electrons. The molecule has 1 aromatic heterocycles. The van der Waals surface area contributed by atoms with Crippen LogP contribution in [0.2, 0.25) is 0 Å². The lowest BCUT2D eigenvalue weighted by Gasteiger charge is -1.98. The predicted molar refractivity (Wildman–Crippen MR) is 35.0 cm³/mol. The molecule has 0 spiro atoms. The zero-order valence-electron chi connectivity index (χ0n) is 6.21. The summed E-state index contributed by atoms with van der Waals surface area (Å²) in [7, 11) is 1.12. The van der Waals surface area contributed by atoms with Gasteiger partial charge in [0.1, 0.15) is 5.56 Å². The van der Waals surface area contributed by atoms with E-state index in [0.29, 0.717) is 0 Å². The van der Waals surface area contributed by atoms with Crippen LogP contribution < -0.4 is 0 Å². The molecule has 0 amide bonds. The van der Waals surface area contributed by atoms with E-state index in [1.54, 1.807) is 0 Å². The van der Waals surface area contributed by atoms with Crippen LogP contribution in [0.25, 0.3) is 0 Å². The highest BCUT2D eigenvalue weighted by molar-refractivity contribution is 5.90. The summed E-state index contributed by atoms with van der Waals surface area (Å²) in [4.78, 5) is 10.8. The maximum atomic E-state index is 12.1. The zero-order valence-corrected chi connectivity index (χ0v) is 6.21. The van der Waals surface area contributed by atoms with E-state index in [1.165, 1.54) is 0 Å². The lowest BCUT2D eigenvalue weighted by molar-refractivity contribution is 0.0580. The molecule has 0 aliphatic rings. The van der Waals surface area contributed by atoms with Gasteiger partial charge in [0, 0.05) is 0 Å². The quantitative estimate of drug-likeness (QED) is 0.647. The summed E-state index contributed by atoms with van der Waals surface area (Å²) < 4.78 is 32.8. The van der Waals surface area contributed by atoms with Crippen molar-refractivity contribution in [2.45, 2.75) is 6.43 Å². The second kappa shape index (κ2) is 3.34. The Morgan fingerprint density at radius 1 is 1.67 bits per heavy atom. The van der Waals surface area contributed by atoms with Crippen molar-refractivity contribution in [1.29, 1.82) is 0 Å². The number of alkyl halides is 2. The number of furan rings is 1. The van der Waals surface area contributed by atoms with Gasteiger partial charge in [-0.05, 0) is 6.07 Å². The molecule has 3 nitrogen and oxygen atoms in total. The highest BCUT2D eigenvalue weighted by Crippen LogP contribution is 2.24. The molecule has 0 aliphatic heterocycles. The third-order valence-corrected chi connectivity index (χ3v) is 1.30. The Morgan fingerprint density at radius 3 is 2.83 bits per heavy atom. The number of methoxy groups -OCH3 is 1. The van der Waals surface area contributed by atoms with Gasteiger partial charge in [0.15, 0.2) is 5.76 Å². The first-order chi connectivity index (χ1) is 5.66. The number of esters is 1. The van der Waals surface area contributed by atoms with Gasteiger partial charge < -0.3 is 9.15 Å². The molecule has 0 saturated carbocycles. The van der Waals surface area contributed by atoms with Gasteiger partial charge in [-0.2, -0.15) is 0 Å². The van der Waals surface area contributed by atoms with E-state index in [4.69, 9.17) is 0 Å². The molecule has 5 heteroatoms. The van der Waals surface area contributed by atoms with Crippen molar-refractivity contribution >= 4 is 5.97 Å². The van der Waals surface area contributed by atoms with E-state index in [2.05, 4.69) is 9.15 Å². The van der Waals surface area contributed by atoms with Gasteiger partial charge in [-0.25, -0.2) is 13.6 Å². The van der Waals surface area contributed by atoms with E-state index in [9.17, 15) is 13.6 Å². The SMILES string of the molecule is COC(=O)c1ccoc1C(F)F. The Bertz CT molecular complexity index is 280. The number of hydrogen-bond acceptors (Lipinski definition) is 3. The van der Waals surface area contributed by atoms with Crippen LogP contribution in [0.5, 0.6) is 0 Å². The highest BCUT2D eigenvalue weighted by Gasteiger charge is 2.22. The van der Waals surface area contributed by atoms with Crippen LogP contribution in [0.15, 0.2) is 16.7 Å². The molecule has 0 aromatic carbocycles. The summed E-state index contributed by atoms with van der Waals surface area (Å²) in [6, 6.07) is 1.15. The van der Waals surface area contributed by atoms with E-state index in [-0.39, 0.29) is 5.56 Å². The molecule has 1 rings (SSSR count). The minimum absolute atomic E-state index is 0.229. The van der Waals surface area contributed by atoms with Crippen LogP contribution in [-0.4, -0.2) is 13.1 Å². The Labute approximate surface area is 66.9 Å². The smallest absolute Gasteiger partial charge is 0.341 e. The maximum absolute atomic E-state index is 12.1. The number of halogens is 2. The van der Waals surface area contributed by atoms with Crippen LogP contribution in [0.3, 0.4) is 0 Å². The number of carbonyl (C=O) groups is 1. The van der Waals surface area contributed by atoms with Crippen LogP contribution in [-0.2, 0) is 4.74 Å². The highest BCUT2D eigenvalue weighted by atomic mass is 19.3. The van der Waals surface area contributed by atoms with E-state index in [0.717, 1.165) is 19.4 Å². The molecule has 0 radical (unpaired) electrons. The van der Waals surface area contributed by atoms with Gasteiger partial charge in [0.25, 0.3) is 6.43 Å². The molecular weight excluding hydrogens is 170 g/mol. The first kappa shape index (κ1) is 8.70. The fraction of sp³-hybridized carbons (Fsp3) is 0.286. The molecule has 0 N–H and O–H groups in total. The number of hydrogen-bond donors (Lipinski definition) is 0. The minimum Gasteiger partial charge on any atom is -0.465 e. The lowest BCUT2D eigenvalue weighted by Crippen LogP contribution is -2.02. The normalized spacial score (nSPS) is 10.3. The molecule has 12 heavy (non-hydrogen) atoms. The molecule has 0 saturated heterocycles. The van der Waals surface area contributed by atoms with Crippen LogP contribution in [0.4, 0.5) is 8.78 Å². The van der Waals surface area contributed by atoms with Gasteiger partial charge in [-0.15, -0.1) is 0 Å². The Hall–Kier alpha value is -1.39. The summed E-state index contributed by atoms with van der Waals surface area (Å²) in [6.45, 7) is 0. The molecule has 1 heterocycles. The third kappa shape index (κ3) is 1.44. The summed E-state index contributed by atoms with van der Waals surface area (Å²) in [6.07, 6.45) is -1.78. The van der Waals surface area contributed by atoms with Crippen molar-refractivity contribution in [3.63, 3.8) is 0 Å². The van der Waals surface area contributed by atoms with Crippen molar-refractivity contribution < 1.29 is 22.7 Å². The predicted octanol–water partition coefficient (Wildman–Crippen LogP) is 2.00. The Morgan fingerprint density at radius 2 is 2.33 bits per heavy atom. The van der Waals surface area contributed by atoms with E-state index in [1.807, 2.05) is 0 Å². The molecule has 1 aromatic rings. The van der Waals surface area contributed by atoms with Gasteiger partial charge in [-0.1, -0.05) is 0 Å². The summed E-state index contributed by atoms with van der Waals surface area (Å²) in [5.74, 6) is -1.47. The number of ether oxygens (including phenoxy) is 1. The van der Waals surface area contributed by atoms with Gasteiger partial charge in [0.2, 0.25) is 0 Å². The largest absolute Gasteiger partial charge is 0.465 e. The fourth-order valence-electron chi connectivity index (χ4n) is 0.769. The Kier molecular flexibility index (Phi) is 2.42. The van der Waals surface area contributed by atoms with Gasteiger partial charge >= 0.3 is 5.97 Å². The van der Waals surface area contributed by atoms with Crippen LogP contribution in [0, 0.1) is 0 Å². The van der Waals surface area contributed by atoms with Crippen molar-refractivity contribution in [2.24, 2.45) is 0 Å². The average Bonchev–Trinajstić information content (AvgIpc) is 2.50. The lowest BCUT2D eigenvalue weighted by atomic mass is 10.2. The molecular formula is C7H6F2O3. The summed E-state index contributed by atoms with van der Waals surface area (Å²) in [5.41, 5.74) is -0.229. The standard InChI is InChI=1S/C7H6F2O3/c1-11-7(10)4-2-3-12-5(4)6(8)9/h2-3,6H,1H3. The molecule has 0 fully saturated rings. The average molecular weight is 176 g/mol. The first-order valence-electron chi connectivity index (χ1n) is 3.10. The van der Waals surface area contributed by atoms with Crippen LogP contribution >= 0.6 is 0 Å². The third-order valence-electron chi connectivity index (χ3n) is 1.30. The minimum atomic E-state index is -2.80. The summed E-state index contributed by atoms with van der Waals surface area (Å²) >= 11 is 0. The Balaban J connectivity index is 2.99. The maximum Gasteiger partial charge on any atom is 0.341 e. The second-order valence-electron chi connectivity index (χ2n) is 1.99. The molecule has 0 unspecified atom stereocenters. The van der Waals surface area contributed by atoms with Gasteiger partial charge in [0.05, 0.1) is 13.4 Å². The fourth-order valence-corrected chi connectivity index (χ4v) is 0.769. The van der Waals surface area contributed by atoms with Crippen molar-refractivity contribution in [3.8, 4) is 0 Å². The van der Waals surface area contributed by atoms with Gasteiger partial charge in [-0.3, -0.25) is 0 Å². The number of carbonyl (C=O) groups excluding carboxylic acids is 1. The van der Waals surface area contributed by atoms with E-state index < -0.39 is 18.2 Å². The number of rotatable bonds is 2. The molecule has 0 aliphatic carbocycles. The monoisotopic (exact) mass is 176 g/mol. The molecule has 0 atom stereocenters. The van der Waals surface area contributed by atoms with Crippen molar-refractivity contribution in [3.05, 3.63) is 23.7 Å². The zero-order chi connectivity index (χ0) is 9.14. The van der Waals surface area contributed by atoms with Crippen molar-refractivity contribution in [2.75, 3.05) is 7.11 Å². The second-order valence-corrected chi connectivity index (χ2v) is 1.99. The van der Waals surface area contributed by atoms with Crippen LogP contribution in [0.1, 0.15) is 22.5 Å².